The van der Waals surface area contributed by atoms with Crippen LogP contribution in [0, 0.1) is 0 Å². The van der Waals surface area contributed by atoms with Gasteiger partial charge in [0.05, 0.1) is 0 Å². The molecule has 1 heteroatoms. The van der Waals surface area contributed by atoms with Gasteiger partial charge in [0.2, 0.25) is 0 Å². The summed E-state index contributed by atoms with van der Waals surface area (Å²) in [4.78, 5) is 0. The van der Waals surface area contributed by atoms with E-state index in [9.17, 15) is 0 Å². The van der Waals surface area contributed by atoms with Crippen LogP contribution in [0.4, 0.5) is 0 Å². The van der Waals surface area contributed by atoms with Crippen molar-refractivity contribution in [1.29, 1.82) is 0 Å². The van der Waals surface area contributed by atoms with Crippen LogP contribution < -0.4 is 3.27 Å². The molecule has 0 bridgehead atoms. The van der Waals surface area contributed by atoms with Crippen molar-refractivity contribution in [1.82, 2.24) is 0 Å². The van der Waals surface area contributed by atoms with Crippen LogP contribution in [-0.4, -0.2) is 3.21 Å². The molecule has 0 spiro atoms. The van der Waals surface area contributed by atoms with E-state index in [0.717, 1.165) is 12.8 Å². The molecule has 2 aliphatic carbocycles. The van der Waals surface area contributed by atoms with Gasteiger partial charge in [-0.05, 0) is 0 Å². The Morgan fingerprint density at radius 1 is 0.675 bits per heavy atom. The van der Waals surface area contributed by atoms with Crippen molar-refractivity contribution in [2.24, 2.45) is 0 Å². The number of hydrogen-bond donors (Lipinski definition) is 0. The van der Waals surface area contributed by atoms with Crippen LogP contribution in [0.1, 0.15) is 81.3 Å². The number of fused-ring (bicyclic) bond motifs is 3. The standard InChI is InChI=1S/C21H25.C13H10.C5H5.Zr/c1-20(2,3)16-7-9-18-14(12-16)11-15-13-17(21(4,5)6)8-10-19(15)18;1-3-7-12(8-4-1)11-13-9-5-2-6-10-13;1-2-4-5-3-1;/h7-10,12H,11H2,1-6H3;1-10H;1-3H,4H2;. The van der Waals surface area contributed by atoms with Crippen molar-refractivity contribution < 1.29 is 21.3 Å². The first kappa shape index (κ1) is 27.3. The monoisotopic (exact) mass is 598 g/mol. The first-order valence-corrected chi connectivity index (χ1v) is 18.3. The van der Waals surface area contributed by atoms with E-state index in [4.69, 9.17) is 0 Å². The van der Waals surface area contributed by atoms with E-state index in [1.807, 2.05) is 0 Å². The summed E-state index contributed by atoms with van der Waals surface area (Å²) in [5.41, 5.74) is 11.9. The van der Waals surface area contributed by atoms with Crippen LogP contribution in [0.5, 0.6) is 0 Å². The topological polar surface area (TPSA) is 0 Å². The second-order valence-corrected chi connectivity index (χ2v) is 19.2. The Balaban J connectivity index is 1.72. The van der Waals surface area contributed by atoms with E-state index in [1.54, 1.807) is 20.9 Å². The van der Waals surface area contributed by atoms with Gasteiger partial charge in [0.15, 0.2) is 0 Å². The fourth-order valence-electron chi connectivity index (χ4n) is 6.40. The molecule has 0 saturated heterocycles. The van der Waals surface area contributed by atoms with Crippen LogP contribution in [0.2, 0.25) is 0 Å². The van der Waals surface area contributed by atoms with Crippen LogP contribution in [0.25, 0.3) is 11.1 Å². The zero-order chi connectivity index (χ0) is 28.1. The predicted molar refractivity (Wildman–Crippen MR) is 170 cm³/mol. The molecule has 40 heavy (non-hydrogen) atoms. The summed E-state index contributed by atoms with van der Waals surface area (Å²) >= 11 is -2.70. The maximum absolute atomic E-state index is 2.70. The Morgan fingerprint density at radius 3 is 1.85 bits per heavy atom. The third-order valence-corrected chi connectivity index (χ3v) is 16.2. The van der Waals surface area contributed by atoms with Gasteiger partial charge in [-0.25, -0.2) is 0 Å². The minimum absolute atomic E-state index is 0.0621. The molecular formula is C39H40Zr. The minimum atomic E-state index is -2.70. The molecule has 200 valence electrons. The molecule has 0 nitrogen and oxygen atoms in total. The van der Waals surface area contributed by atoms with Gasteiger partial charge in [0, 0.05) is 0 Å². The number of allylic oxidation sites excluding steroid dienone is 4. The predicted octanol–water partition coefficient (Wildman–Crippen LogP) is 9.21. The van der Waals surface area contributed by atoms with Crippen molar-refractivity contribution >= 4 is 6.48 Å². The van der Waals surface area contributed by atoms with Crippen molar-refractivity contribution in [2.75, 3.05) is 0 Å². The normalized spacial score (nSPS) is 14.1. The summed E-state index contributed by atoms with van der Waals surface area (Å²) in [5.74, 6) is 0. The molecule has 0 atom stereocenters. The molecule has 0 heterocycles. The van der Waals surface area contributed by atoms with Gasteiger partial charge in [0.25, 0.3) is 0 Å². The van der Waals surface area contributed by atoms with Gasteiger partial charge in [-0.3, -0.25) is 0 Å². The molecule has 2 aliphatic rings. The molecule has 0 fully saturated rings. The van der Waals surface area contributed by atoms with E-state index >= 15 is 0 Å². The Kier molecular flexibility index (Phi) is 7.17. The number of rotatable bonds is 4. The van der Waals surface area contributed by atoms with Gasteiger partial charge >= 0.3 is 250 Å². The second kappa shape index (κ2) is 10.5. The van der Waals surface area contributed by atoms with E-state index < -0.39 is 21.3 Å². The van der Waals surface area contributed by atoms with E-state index in [2.05, 4.69) is 151 Å². The molecular weight excluding hydrogens is 560 g/mol. The van der Waals surface area contributed by atoms with E-state index in [1.165, 1.54) is 33.4 Å². The van der Waals surface area contributed by atoms with Crippen LogP contribution in [-0.2, 0) is 38.5 Å². The zero-order valence-corrected chi connectivity index (χ0v) is 27.3. The Labute approximate surface area is 248 Å². The van der Waals surface area contributed by atoms with E-state index in [0.29, 0.717) is 0 Å². The van der Waals surface area contributed by atoms with Crippen molar-refractivity contribution in [3.05, 3.63) is 146 Å². The van der Waals surface area contributed by atoms with Crippen LogP contribution in [0.3, 0.4) is 0 Å². The SMILES string of the molecule is CC(C)(C)c1ccc2c(c1)Cc1c-2ccc(C(C)(C)C)[c]1[Zr]([C]1=CC=CC1)=[C](c1ccccc1)c1ccccc1. The van der Waals surface area contributed by atoms with Gasteiger partial charge < -0.3 is 0 Å². The summed E-state index contributed by atoms with van der Waals surface area (Å²) in [6.45, 7) is 14.2. The molecule has 0 unspecified atom stereocenters. The third kappa shape index (κ3) is 5.03. The number of hydrogen-bond acceptors (Lipinski definition) is 0. The average Bonchev–Trinajstić information content (AvgIpc) is 3.59. The van der Waals surface area contributed by atoms with Gasteiger partial charge in [-0.2, -0.15) is 0 Å². The maximum atomic E-state index is 2.49. The van der Waals surface area contributed by atoms with Gasteiger partial charge in [-0.15, -0.1) is 0 Å². The van der Waals surface area contributed by atoms with E-state index in [-0.39, 0.29) is 10.8 Å². The fourth-order valence-corrected chi connectivity index (χ4v) is 15.3. The molecule has 4 aromatic carbocycles. The van der Waals surface area contributed by atoms with Gasteiger partial charge in [0.1, 0.15) is 0 Å². The fraction of sp³-hybridized carbons (Fsp3) is 0.256. The summed E-state index contributed by atoms with van der Waals surface area (Å²) < 4.78 is 4.98. The molecule has 0 aromatic heterocycles. The van der Waals surface area contributed by atoms with Crippen LogP contribution in [0.15, 0.2) is 113 Å². The Morgan fingerprint density at radius 2 is 1.30 bits per heavy atom. The molecule has 4 aromatic rings. The molecule has 0 radical (unpaired) electrons. The van der Waals surface area contributed by atoms with Crippen molar-refractivity contribution in [3.63, 3.8) is 0 Å². The summed E-state index contributed by atoms with van der Waals surface area (Å²) in [5, 5.41) is 0. The Bertz CT molecular complexity index is 1630. The second-order valence-electron chi connectivity index (χ2n) is 13.4. The zero-order valence-electron chi connectivity index (χ0n) is 24.8. The average molecular weight is 600 g/mol. The van der Waals surface area contributed by atoms with Crippen molar-refractivity contribution in [2.45, 2.75) is 65.2 Å². The molecule has 0 saturated carbocycles. The van der Waals surface area contributed by atoms with Gasteiger partial charge in [-0.1, -0.05) is 0 Å². The summed E-state index contributed by atoms with van der Waals surface area (Å²) in [6.07, 6.45) is 9.25. The summed E-state index contributed by atoms with van der Waals surface area (Å²) in [6, 6.07) is 34.7. The Hall–Kier alpha value is -2.89. The quantitative estimate of drug-likeness (QED) is 0.193. The third-order valence-electron chi connectivity index (χ3n) is 8.47. The molecule has 6 rings (SSSR count). The number of benzene rings is 4. The first-order valence-electron chi connectivity index (χ1n) is 14.6. The van der Waals surface area contributed by atoms with Crippen molar-refractivity contribution in [3.8, 4) is 11.1 Å². The molecule has 0 amide bonds. The first-order chi connectivity index (χ1) is 19.1. The molecule has 0 aliphatic heterocycles. The van der Waals surface area contributed by atoms with Crippen LogP contribution >= 0.6 is 0 Å². The molecule has 0 N–H and O–H groups in total. The summed E-state index contributed by atoms with van der Waals surface area (Å²) in [7, 11) is 0.